The summed E-state index contributed by atoms with van der Waals surface area (Å²) in [6, 6.07) is 7.39. The Kier molecular flexibility index (Phi) is 3.08. The first-order valence-corrected chi connectivity index (χ1v) is 6.56. The van der Waals surface area contributed by atoms with Crippen LogP contribution in [0.3, 0.4) is 0 Å². The average molecular weight is 340 g/mol. The summed E-state index contributed by atoms with van der Waals surface area (Å²) in [5.41, 5.74) is 1.68. The van der Waals surface area contributed by atoms with Crippen LogP contribution in [-0.4, -0.2) is 30.0 Å². The van der Waals surface area contributed by atoms with E-state index in [1.807, 2.05) is 24.3 Å². The summed E-state index contributed by atoms with van der Waals surface area (Å²) in [6.45, 7) is 0. The molecule has 0 saturated carbocycles. The fourth-order valence-corrected chi connectivity index (χ4v) is 2.34. The van der Waals surface area contributed by atoms with E-state index < -0.39 is 0 Å². The summed E-state index contributed by atoms with van der Waals surface area (Å²) in [6.07, 6.45) is 1.69. The quantitative estimate of drug-likeness (QED) is 0.719. The Labute approximate surface area is 122 Å². The highest BCUT2D eigenvalue weighted by atomic mass is 79.9. The average Bonchev–Trinajstić information content (AvgIpc) is 2.97. The van der Waals surface area contributed by atoms with Crippen molar-refractivity contribution in [2.75, 3.05) is 0 Å². The lowest BCUT2D eigenvalue weighted by atomic mass is 10.3. The molecule has 96 valence electrons. The predicted molar refractivity (Wildman–Crippen MR) is 74.1 cm³/mol. The third-order valence-electron chi connectivity index (χ3n) is 2.53. The monoisotopic (exact) mass is 338 g/mol. The van der Waals surface area contributed by atoms with Gasteiger partial charge in [-0.05, 0) is 45.4 Å². The fraction of sp³-hybridized carbons (Fsp3) is 0.0909. The minimum absolute atomic E-state index is 0.523. The van der Waals surface area contributed by atoms with Crippen LogP contribution in [0.2, 0.25) is 5.02 Å². The van der Waals surface area contributed by atoms with Gasteiger partial charge in [0.15, 0.2) is 0 Å². The first kappa shape index (κ1) is 12.3. The number of aromatic nitrogens is 6. The van der Waals surface area contributed by atoms with Crippen molar-refractivity contribution in [1.82, 2.24) is 30.0 Å². The number of halogens is 2. The van der Waals surface area contributed by atoms with Crippen molar-refractivity contribution in [2.24, 2.45) is 7.05 Å². The molecule has 8 heteroatoms. The van der Waals surface area contributed by atoms with Crippen LogP contribution in [0.5, 0.6) is 0 Å². The maximum atomic E-state index is 5.87. The molecule has 0 radical (unpaired) electrons. The van der Waals surface area contributed by atoms with E-state index in [9.17, 15) is 0 Å². The van der Waals surface area contributed by atoms with Gasteiger partial charge >= 0.3 is 0 Å². The summed E-state index contributed by atoms with van der Waals surface area (Å²) in [7, 11) is 1.72. The second kappa shape index (κ2) is 4.75. The highest BCUT2D eigenvalue weighted by Crippen LogP contribution is 2.27. The van der Waals surface area contributed by atoms with Crippen molar-refractivity contribution in [3.63, 3.8) is 0 Å². The fourth-order valence-electron chi connectivity index (χ4n) is 1.64. The summed E-state index contributed by atoms with van der Waals surface area (Å²) < 4.78 is 2.50. The van der Waals surface area contributed by atoms with Gasteiger partial charge in [0.25, 0.3) is 0 Å². The van der Waals surface area contributed by atoms with Crippen LogP contribution in [-0.2, 0) is 7.05 Å². The van der Waals surface area contributed by atoms with Crippen molar-refractivity contribution in [2.45, 2.75) is 0 Å². The van der Waals surface area contributed by atoms with Gasteiger partial charge in [0, 0.05) is 5.02 Å². The number of benzene rings is 1. The van der Waals surface area contributed by atoms with Crippen molar-refractivity contribution >= 4 is 27.5 Å². The van der Waals surface area contributed by atoms with E-state index in [4.69, 9.17) is 11.6 Å². The normalized spacial score (nSPS) is 10.9. The van der Waals surface area contributed by atoms with Gasteiger partial charge in [-0.3, -0.25) is 0 Å². The zero-order chi connectivity index (χ0) is 13.4. The van der Waals surface area contributed by atoms with Gasteiger partial charge in [-0.25, -0.2) is 4.68 Å². The predicted octanol–water partition coefficient (Wildman–Crippen LogP) is 2.48. The number of hydrogen-bond donors (Lipinski definition) is 0. The Morgan fingerprint density at radius 3 is 2.58 bits per heavy atom. The van der Waals surface area contributed by atoms with E-state index in [0.717, 1.165) is 15.9 Å². The molecule has 2 aromatic heterocycles. The summed E-state index contributed by atoms with van der Waals surface area (Å²) in [5.74, 6) is 0.523. The van der Waals surface area contributed by atoms with E-state index >= 15 is 0 Å². The molecule has 0 bridgehead atoms. The topological polar surface area (TPSA) is 61.4 Å². The van der Waals surface area contributed by atoms with Crippen LogP contribution in [0.25, 0.3) is 17.1 Å². The zero-order valence-electron chi connectivity index (χ0n) is 9.83. The molecule has 2 heterocycles. The van der Waals surface area contributed by atoms with E-state index in [1.165, 1.54) is 4.80 Å². The van der Waals surface area contributed by atoms with Gasteiger partial charge in [0.05, 0.1) is 24.5 Å². The van der Waals surface area contributed by atoms with Gasteiger partial charge in [-0.15, -0.1) is 10.2 Å². The Morgan fingerprint density at radius 2 is 1.95 bits per heavy atom. The van der Waals surface area contributed by atoms with Gasteiger partial charge in [-0.2, -0.15) is 9.90 Å². The molecular formula is C11H8BrClN6. The minimum Gasteiger partial charge on any atom is -0.226 e. The Balaban J connectivity index is 2.06. The zero-order valence-corrected chi connectivity index (χ0v) is 12.2. The molecule has 6 nitrogen and oxygen atoms in total. The second-order valence-corrected chi connectivity index (χ2v) is 5.03. The standard InChI is InChI=1S/C11H8BrClN6/c1-18-16-11(15-17-18)9-6-14-19(10(9)12)8-4-2-7(13)3-5-8/h2-6H,1H3. The molecule has 0 aliphatic rings. The van der Waals surface area contributed by atoms with E-state index in [1.54, 1.807) is 17.9 Å². The molecule has 0 fully saturated rings. The third kappa shape index (κ3) is 2.26. The molecule has 0 spiro atoms. The van der Waals surface area contributed by atoms with Crippen LogP contribution >= 0.6 is 27.5 Å². The largest absolute Gasteiger partial charge is 0.226 e. The molecule has 3 aromatic rings. The first-order chi connectivity index (χ1) is 9.15. The molecule has 0 atom stereocenters. The summed E-state index contributed by atoms with van der Waals surface area (Å²) in [4.78, 5) is 1.40. The first-order valence-electron chi connectivity index (χ1n) is 5.39. The van der Waals surface area contributed by atoms with Crippen LogP contribution < -0.4 is 0 Å². The Hall–Kier alpha value is -1.73. The minimum atomic E-state index is 0.523. The van der Waals surface area contributed by atoms with Crippen LogP contribution in [0, 0.1) is 0 Å². The SMILES string of the molecule is Cn1nnc(-c2cnn(-c3ccc(Cl)cc3)c2Br)n1. The molecule has 0 unspecified atom stereocenters. The molecule has 0 aliphatic carbocycles. The summed E-state index contributed by atoms with van der Waals surface area (Å²) >= 11 is 9.37. The van der Waals surface area contributed by atoms with Crippen molar-refractivity contribution < 1.29 is 0 Å². The molecule has 0 saturated heterocycles. The molecule has 0 amide bonds. The summed E-state index contributed by atoms with van der Waals surface area (Å²) in [5, 5.41) is 16.9. The van der Waals surface area contributed by atoms with Gasteiger partial charge in [0.2, 0.25) is 5.82 Å². The Bertz CT molecular complexity index is 717. The Morgan fingerprint density at radius 1 is 1.21 bits per heavy atom. The third-order valence-corrected chi connectivity index (χ3v) is 3.55. The van der Waals surface area contributed by atoms with Gasteiger partial charge in [-0.1, -0.05) is 11.6 Å². The number of hydrogen-bond acceptors (Lipinski definition) is 4. The lowest BCUT2D eigenvalue weighted by molar-refractivity contribution is 0.630. The molecular weight excluding hydrogens is 332 g/mol. The molecule has 0 N–H and O–H groups in total. The van der Waals surface area contributed by atoms with E-state index in [0.29, 0.717) is 10.8 Å². The van der Waals surface area contributed by atoms with Crippen molar-refractivity contribution in [3.05, 3.63) is 40.1 Å². The second-order valence-electron chi connectivity index (χ2n) is 3.84. The maximum absolute atomic E-state index is 5.87. The lowest BCUT2D eigenvalue weighted by Crippen LogP contribution is -1.96. The van der Waals surface area contributed by atoms with Crippen LogP contribution in [0.15, 0.2) is 35.1 Å². The molecule has 19 heavy (non-hydrogen) atoms. The smallest absolute Gasteiger partial charge is 0.209 e. The van der Waals surface area contributed by atoms with E-state index in [-0.39, 0.29) is 0 Å². The molecule has 1 aromatic carbocycles. The van der Waals surface area contributed by atoms with Crippen molar-refractivity contribution in [1.29, 1.82) is 0 Å². The number of tetrazole rings is 1. The number of aryl methyl sites for hydroxylation is 1. The maximum Gasteiger partial charge on any atom is 0.209 e. The van der Waals surface area contributed by atoms with Crippen LogP contribution in [0.4, 0.5) is 0 Å². The van der Waals surface area contributed by atoms with Gasteiger partial charge in [0.1, 0.15) is 4.60 Å². The highest BCUT2D eigenvalue weighted by Gasteiger charge is 2.15. The number of nitrogens with zero attached hydrogens (tertiary/aromatic N) is 6. The van der Waals surface area contributed by atoms with Crippen molar-refractivity contribution in [3.8, 4) is 17.1 Å². The molecule has 3 rings (SSSR count). The molecule has 0 aliphatic heterocycles. The lowest BCUT2D eigenvalue weighted by Gasteiger charge is -2.03. The van der Waals surface area contributed by atoms with Gasteiger partial charge < -0.3 is 0 Å². The highest BCUT2D eigenvalue weighted by molar-refractivity contribution is 9.10. The van der Waals surface area contributed by atoms with E-state index in [2.05, 4.69) is 36.4 Å². The van der Waals surface area contributed by atoms with Crippen LogP contribution in [0.1, 0.15) is 0 Å². The number of rotatable bonds is 2.